The van der Waals surface area contributed by atoms with E-state index < -0.39 is 63.3 Å². The molecule has 198 valence electrons. The van der Waals surface area contributed by atoms with Gasteiger partial charge in [0.25, 0.3) is 0 Å². The Morgan fingerprint density at radius 3 is 1.24 bits per heavy atom. The van der Waals surface area contributed by atoms with Gasteiger partial charge in [-0.05, 0) is 84.6 Å². The van der Waals surface area contributed by atoms with Crippen LogP contribution in [0.15, 0.2) is 24.5 Å². The summed E-state index contributed by atoms with van der Waals surface area (Å²) in [6.07, 6.45) is 3.78. The highest BCUT2D eigenvalue weighted by molar-refractivity contribution is 7.70. The Morgan fingerprint density at radius 2 is 1.00 bits per heavy atom. The highest BCUT2D eigenvalue weighted by Crippen LogP contribution is 2.75. The van der Waals surface area contributed by atoms with Crippen LogP contribution in [-0.2, 0) is 21.9 Å². The van der Waals surface area contributed by atoms with Gasteiger partial charge in [0.15, 0.2) is 55.0 Å². The van der Waals surface area contributed by atoms with Crippen molar-refractivity contribution in [2.75, 3.05) is 0 Å². The summed E-state index contributed by atoms with van der Waals surface area (Å²) in [5.74, 6) is 0. The van der Waals surface area contributed by atoms with E-state index in [0.717, 1.165) is 5.56 Å². The quantitative estimate of drug-likeness (QED) is 0.182. The Kier molecular flexibility index (Phi) is 11.4. The summed E-state index contributed by atoms with van der Waals surface area (Å²) in [7, 11) is -12.8. The van der Waals surface area contributed by atoms with Crippen LogP contribution in [0.2, 0.25) is 98.2 Å². The lowest BCUT2D eigenvalue weighted by Gasteiger charge is -2.51. The van der Waals surface area contributed by atoms with Gasteiger partial charge in [-0.1, -0.05) is 25.7 Å². The smallest absolute Gasteiger partial charge is 0.191 e. The molecule has 1 rings (SSSR count). The fraction of sp³-hybridized carbons (Fsp3) is 0.762. The zero-order valence-corrected chi connectivity index (χ0v) is 31.1. The lowest BCUT2D eigenvalue weighted by atomic mass is 10.3. The molecular weight excluding hydrogens is 547 g/mol. The van der Waals surface area contributed by atoms with E-state index in [1.54, 1.807) is 0 Å². The maximum absolute atomic E-state index is 7.02. The number of nitrogens with zero attached hydrogens (tertiary/aromatic N) is 1. The third kappa shape index (κ3) is 12.0. The molecule has 0 radical (unpaired) electrons. The predicted molar refractivity (Wildman–Crippen MR) is 164 cm³/mol. The number of hydrogen-bond acceptors (Lipinski definition) is 6. The lowest BCUT2D eigenvalue weighted by Crippen LogP contribution is -2.56. The summed E-state index contributed by atoms with van der Waals surface area (Å²) >= 11 is 0. The molecule has 0 unspecified atom stereocenters. The van der Waals surface area contributed by atoms with Crippen molar-refractivity contribution in [3.63, 3.8) is 0 Å². The van der Waals surface area contributed by atoms with E-state index in [1.165, 1.54) is 0 Å². The van der Waals surface area contributed by atoms with E-state index in [-0.39, 0.29) is 0 Å². The first-order chi connectivity index (χ1) is 14.9. The molecule has 0 saturated carbocycles. The number of nitrogens with one attached hydrogen (secondary N) is 1. The van der Waals surface area contributed by atoms with Crippen molar-refractivity contribution in [2.24, 2.45) is 0 Å². The van der Waals surface area contributed by atoms with Gasteiger partial charge in [0.05, 0.1) is 0 Å². The van der Waals surface area contributed by atoms with Gasteiger partial charge in [-0.2, -0.15) is 0 Å². The summed E-state index contributed by atoms with van der Waals surface area (Å²) in [5.41, 5.74) is 1.04. The van der Waals surface area contributed by atoms with E-state index >= 15 is 0 Å². The van der Waals surface area contributed by atoms with Crippen molar-refractivity contribution in [1.82, 2.24) is 9.97 Å². The van der Waals surface area contributed by atoms with E-state index in [1.807, 2.05) is 18.5 Å². The summed E-state index contributed by atoms with van der Waals surface area (Å²) in [6.45, 7) is 33.8. The van der Waals surface area contributed by atoms with E-state index in [2.05, 4.69) is 114 Å². The van der Waals surface area contributed by atoms with Crippen LogP contribution < -0.4 is 4.98 Å². The molecule has 1 aromatic heterocycles. The average molecular weight is 597 g/mol. The highest BCUT2D eigenvalue weighted by atomic mass is 31.2. The van der Waals surface area contributed by atoms with Gasteiger partial charge >= 0.3 is 0 Å². The lowest BCUT2D eigenvalue weighted by molar-refractivity contribution is 0.415. The number of aromatic nitrogens is 1. The van der Waals surface area contributed by atoms with Crippen LogP contribution in [0.3, 0.4) is 0 Å². The first-order valence-electron chi connectivity index (χ1n) is 12.0. The topological polar surface area (TPSA) is 61.8 Å². The molecule has 0 bridgehead atoms. The first kappa shape index (κ1) is 32.9. The molecular formula is C21H50N2O4P2Si5. The zero-order valence-electron chi connectivity index (χ0n) is 24.3. The summed E-state index contributed by atoms with van der Waals surface area (Å²) < 4.78 is 28.1. The second-order valence-corrected chi connectivity index (χ2v) is 40.9. The van der Waals surface area contributed by atoms with Gasteiger partial charge in [0.1, 0.15) is 8.24 Å². The van der Waals surface area contributed by atoms with Gasteiger partial charge in [-0.3, -0.25) is 4.98 Å². The number of hydrogen-bond donors (Lipinski definition) is 1. The average Bonchev–Trinajstić information content (AvgIpc) is 2.53. The Morgan fingerprint density at radius 1 is 0.647 bits per heavy atom. The predicted octanol–water partition coefficient (Wildman–Crippen LogP) is 8.65. The van der Waals surface area contributed by atoms with E-state index in [9.17, 15) is 0 Å². The summed E-state index contributed by atoms with van der Waals surface area (Å²) in [4.78, 5) is 8.67. The molecule has 1 N–H and O–H groups in total. The van der Waals surface area contributed by atoms with Crippen LogP contribution in [0.1, 0.15) is 5.56 Å². The molecule has 0 fully saturated rings. The molecule has 1 aromatic rings. The standard InChI is InChI=1S/C21H50N2O4P2Si5/c1-30(2,3)23-21(20-17-16-18-22-19-20,28(24-31(4,5)6)25-32(7,8)9)29(26-33(10,11)12)27-34(13,14)15/h16-19,23H,1-15H3. The van der Waals surface area contributed by atoms with Crippen molar-refractivity contribution in [2.45, 2.75) is 103 Å². The molecule has 1 heterocycles. The van der Waals surface area contributed by atoms with E-state index in [4.69, 9.17) is 16.9 Å². The zero-order chi connectivity index (χ0) is 26.8. The van der Waals surface area contributed by atoms with Gasteiger partial charge in [0, 0.05) is 18.0 Å². The van der Waals surface area contributed by atoms with Crippen molar-refractivity contribution in [3.05, 3.63) is 30.1 Å². The first-order valence-corrected chi connectivity index (χ1v) is 31.5. The monoisotopic (exact) mass is 596 g/mol. The summed E-state index contributed by atoms with van der Waals surface area (Å²) in [5, 5.41) is -0.732. The van der Waals surface area contributed by atoms with Crippen molar-refractivity contribution in [1.29, 1.82) is 0 Å². The van der Waals surface area contributed by atoms with Crippen LogP contribution >= 0.6 is 16.8 Å². The maximum atomic E-state index is 7.02. The molecule has 0 saturated heterocycles. The minimum absolute atomic E-state index is 0.732. The Bertz CT molecular complexity index is 705. The van der Waals surface area contributed by atoms with Crippen LogP contribution in [0.25, 0.3) is 0 Å². The Balaban J connectivity index is 4.08. The normalized spacial score (nSPS) is 14.9. The third-order valence-electron chi connectivity index (χ3n) is 3.57. The molecule has 0 aliphatic rings. The molecule has 0 atom stereocenters. The van der Waals surface area contributed by atoms with E-state index in [0.29, 0.717) is 0 Å². The largest absolute Gasteiger partial charge is 0.374 e. The fourth-order valence-electron chi connectivity index (χ4n) is 2.83. The van der Waals surface area contributed by atoms with Gasteiger partial charge in [0.2, 0.25) is 0 Å². The van der Waals surface area contributed by atoms with Gasteiger partial charge in [-0.15, -0.1) is 0 Å². The Hall–Kier alpha value is 0.894. The van der Waals surface area contributed by atoms with Crippen LogP contribution in [-0.4, -0.2) is 46.5 Å². The highest BCUT2D eigenvalue weighted by Gasteiger charge is 2.58. The third-order valence-corrected chi connectivity index (χ3v) is 19.3. The van der Waals surface area contributed by atoms with Crippen LogP contribution in [0, 0.1) is 0 Å². The molecule has 6 nitrogen and oxygen atoms in total. The second-order valence-electron chi connectivity index (χ2n) is 13.6. The van der Waals surface area contributed by atoms with Crippen molar-refractivity contribution in [3.8, 4) is 0 Å². The molecule has 0 aliphatic carbocycles. The molecule has 34 heavy (non-hydrogen) atoms. The number of rotatable bonds is 13. The maximum Gasteiger partial charge on any atom is 0.191 e. The minimum Gasteiger partial charge on any atom is -0.374 e. The molecule has 13 heteroatoms. The molecule has 0 spiro atoms. The number of pyridine rings is 1. The Labute approximate surface area is 217 Å². The SMILES string of the molecule is C[Si](C)(C)NC(c1cccnc1)(P(O[Si](C)(C)C)O[Si](C)(C)C)P(O[Si](C)(C)C)O[Si](C)(C)C. The van der Waals surface area contributed by atoms with Gasteiger partial charge in [-0.25, -0.2) is 0 Å². The fourth-order valence-corrected chi connectivity index (χ4v) is 20.5. The minimum atomic E-state index is -2.00. The van der Waals surface area contributed by atoms with Crippen molar-refractivity contribution < 1.29 is 16.9 Å². The molecule has 0 amide bonds. The summed E-state index contributed by atoms with van der Waals surface area (Å²) in [6, 6.07) is 4.15. The molecule has 0 aliphatic heterocycles. The van der Waals surface area contributed by atoms with Gasteiger partial charge < -0.3 is 21.8 Å². The second kappa shape index (κ2) is 11.7. The van der Waals surface area contributed by atoms with Crippen LogP contribution in [0.5, 0.6) is 0 Å². The molecule has 0 aromatic carbocycles. The van der Waals surface area contributed by atoms with Crippen LogP contribution in [0.4, 0.5) is 0 Å². The van der Waals surface area contributed by atoms with Crippen molar-refractivity contribution >= 4 is 58.3 Å².